The maximum atomic E-state index is 13.1. The van der Waals surface area contributed by atoms with E-state index in [1.54, 1.807) is 6.07 Å². The molecule has 1 amide bonds. The van der Waals surface area contributed by atoms with E-state index < -0.39 is 17.8 Å². The molecular formula is C10H10FNO3. The van der Waals surface area contributed by atoms with Crippen LogP contribution in [0.15, 0.2) is 24.3 Å². The van der Waals surface area contributed by atoms with E-state index in [1.165, 1.54) is 18.2 Å². The maximum Gasteiger partial charge on any atom is 0.326 e. The molecule has 0 saturated heterocycles. The summed E-state index contributed by atoms with van der Waals surface area (Å²) in [6, 6.07) is 4.76. The van der Waals surface area contributed by atoms with Crippen LogP contribution in [0.4, 0.5) is 4.39 Å². The lowest BCUT2D eigenvalue weighted by Crippen LogP contribution is -2.37. The molecule has 0 spiro atoms. The zero-order valence-electron chi connectivity index (χ0n) is 7.81. The van der Waals surface area contributed by atoms with Crippen molar-refractivity contribution in [2.75, 3.05) is 0 Å². The van der Waals surface area contributed by atoms with Gasteiger partial charge in [-0.15, -0.1) is 0 Å². The molecule has 1 unspecified atom stereocenters. The fourth-order valence-corrected chi connectivity index (χ4v) is 1.18. The van der Waals surface area contributed by atoms with Crippen molar-refractivity contribution in [3.8, 4) is 0 Å². The number of rotatable bonds is 5. The maximum absolute atomic E-state index is 13.1. The van der Waals surface area contributed by atoms with Gasteiger partial charge in [0.15, 0.2) is 0 Å². The van der Waals surface area contributed by atoms with Gasteiger partial charge < -0.3 is 10.4 Å². The van der Waals surface area contributed by atoms with Crippen LogP contribution >= 0.6 is 0 Å². The lowest BCUT2D eigenvalue weighted by Gasteiger charge is -2.11. The van der Waals surface area contributed by atoms with Crippen molar-refractivity contribution in [1.82, 2.24) is 5.32 Å². The first-order valence-corrected chi connectivity index (χ1v) is 4.31. The first kappa shape index (κ1) is 11.2. The van der Waals surface area contributed by atoms with Crippen LogP contribution in [0, 0.1) is 5.82 Å². The monoisotopic (exact) mass is 211 g/mol. The van der Waals surface area contributed by atoms with E-state index >= 15 is 0 Å². The molecule has 4 nitrogen and oxygen atoms in total. The summed E-state index contributed by atoms with van der Waals surface area (Å²) in [7, 11) is 0. The fraction of sp³-hybridized carbons (Fsp3) is 0.200. The molecule has 1 atom stereocenters. The molecule has 5 heteroatoms. The Labute approximate surface area is 85.7 Å². The summed E-state index contributed by atoms with van der Waals surface area (Å²) in [6.45, 7) is 0. The fourth-order valence-electron chi connectivity index (χ4n) is 1.18. The molecule has 80 valence electrons. The quantitative estimate of drug-likeness (QED) is 0.699. The van der Waals surface area contributed by atoms with Gasteiger partial charge >= 0.3 is 5.97 Å². The third-order valence-corrected chi connectivity index (χ3v) is 1.95. The summed E-state index contributed by atoms with van der Waals surface area (Å²) >= 11 is 0. The molecule has 0 heterocycles. The largest absolute Gasteiger partial charge is 0.480 e. The Morgan fingerprint density at radius 1 is 1.53 bits per heavy atom. The second-order valence-corrected chi connectivity index (χ2v) is 2.97. The van der Waals surface area contributed by atoms with Crippen molar-refractivity contribution in [1.29, 1.82) is 0 Å². The van der Waals surface area contributed by atoms with Gasteiger partial charge in [-0.3, -0.25) is 4.79 Å². The minimum atomic E-state index is -1.19. The topological polar surface area (TPSA) is 66.4 Å². The number of carboxylic acid groups (broad SMARTS) is 1. The smallest absolute Gasteiger partial charge is 0.326 e. The number of hydrogen-bond donors (Lipinski definition) is 2. The van der Waals surface area contributed by atoms with Gasteiger partial charge in [-0.25, -0.2) is 9.18 Å². The van der Waals surface area contributed by atoms with Crippen molar-refractivity contribution in [3.63, 3.8) is 0 Å². The third-order valence-electron chi connectivity index (χ3n) is 1.95. The van der Waals surface area contributed by atoms with Crippen molar-refractivity contribution >= 4 is 12.4 Å². The van der Waals surface area contributed by atoms with E-state index in [-0.39, 0.29) is 12.0 Å². The van der Waals surface area contributed by atoms with Gasteiger partial charge in [0, 0.05) is 6.42 Å². The Hall–Kier alpha value is -1.91. The van der Waals surface area contributed by atoms with Crippen LogP contribution < -0.4 is 5.32 Å². The Balaban J connectivity index is 2.78. The van der Waals surface area contributed by atoms with Gasteiger partial charge in [0.2, 0.25) is 6.41 Å². The van der Waals surface area contributed by atoms with E-state index in [0.29, 0.717) is 6.41 Å². The van der Waals surface area contributed by atoms with Gasteiger partial charge in [-0.2, -0.15) is 0 Å². The van der Waals surface area contributed by atoms with Gasteiger partial charge in [-0.05, 0) is 11.6 Å². The molecule has 0 aliphatic heterocycles. The van der Waals surface area contributed by atoms with Crippen LogP contribution in [-0.2, 0) is 16.0 Å². The Bertz CT molecular complexity index is 367. The van der Waals surface area contributed by atoms with Crippen LogP contribution in [0.5, 0.6) is 0 Å². The molecule has 1 aromatic carbocycles. The van der Waals surface area contributed by atoms with Gasteiger partial charge in [0.1, 0.15) is 11.9 Å². The van der Waals surface area contributed by atoms with Gasteiger partial charge in [0.25, 0.3) is 0 Å². The van der Waals surface area contributed by atoms with E-state index in [4.69, 9.17) is 5.11 Å². The zero-order chi connectivity index (χ0) is 11.3. The highest BCUT2D eigenvalue weighted by molar-refractivity contribution is 5.76. The summed E-state index contributed by atoms with van der Waals surface area (Å²) in [5.41, 5.74) is 0.263. The molecule has 1 rings (SSSR count). The number of carbonyl (C=O) groups excluding carboxylic acids is 1. The first-order valence-electron chi connectivity index (χ1n) is 4.31. The standard InChI is InChI=1S/C10H10FNO3/c11-8-4-2-1-3-7(8)5-9(10(14)15)12-6-13/h1-4,6,9H,5H2,(H,12,13)(H,14,15). The van der Waals surface area contributed by atoms with Crippen LogP contribution in [0.2, 0.25) is 0 Å². The van der Waals surface area contributed by atoms with Crippen LogP contribution in [0.1, 0.15) is 5.56 Å². The second kappa shape index (κ2) is 5.09. The van der Waals surface area contributed by atoms with Crippen molar-refractivity contribution in [2.24, 2.45) is 0 Å². The molecule has 1 aromatic rings. The van der Waals surface area contributed by atoms with Crippen molar-refractivity contribution in [3.05, 3.63) is 35.6 Å². The molecule has 0 fully saturated rings. The molecule has 0 aliphatic carbocycles. The third kappa shape index (κ3) is 3.05. The summed E-state index contributed by atoms with van der Waals surface area (Å²) < 4.78 is 13.1. The number of carboxylic acids is 1. The van der Waals surface area contributed by atoms with Crippen LogP contribution in [0.3, 0.4) is 0 Å². The molecule has 0 radical (unpaired) electrons. The summed E-state index contributed by atoms with van der Waals surface area (Å²) in [4.78, 5) is 20.8. The Morgan fingerprint density at radius 3 is 2.73 bits per heavy atom. The van der Waals surface area contributed by atoms with Crippen molar-refractivity contribution < 1.29 is 19.1 Å². The average Bonchev–Trinajstić information content (AvgIpc) is 2.20. The molecular weight excluding hydrogens is 201 g/mol. The lowest BCUT2D eigenvalue weighted by atomic mass is 10.1. The summed E-state index contributed by atoms with van der Waals surface area (Å²) in [5, 5.41) is 10.8. The first-order chi connectivity index (χ1) is 7.15. The minimum Gasteiger partial charge on any atom is -0.480 e. The second-order valence-electron chi connectivity index (χ2n) is 2.97. The molecule has 15 heavy (non-hydrogen) atoms. The van der Waals surface area contributed by atoms with E-state index in [9.17, 15) is 14.0 Å². The number of benzene rings is 1. The number of hydrogen-bond acceptors (Lipinski definition) is 2. The number of aliphatic carboxylic acids is 1. The van der Waals surface area contributed by atoms with Gasteiger partial charge in [0.05, 0.1) is 0 Å². The summed E-state index contributed by atoms with van der Waals surface area (Å²) in [6.07, 6.45) is 0.223. The number of nitrogens with one attached hydrogen (secondary N) is 1. The highest BCUT2D eigenvalue weighted by Crippen LogP contribution is 2.09. The van der Waals surface area contributed by atoms with Crippen LogP contribution in [-0.4, -0.2) is 23.5 Å². The number of carbonyl (C=O) groups is 2. The molecule has 2 N–H and O–H groups in total. The zero-order valence-corrected chi connectivity index (χ0v) is 7.81. The number of halogens is 1. The van der Waals surface area contributed by atoms with E-state index in [2.05, 4.69) is 5.32 Å². The molecule has 0 aromatic heterocycles. The average molecular weight is 211 g/mol. The minimum absolute atomic E-state index is 0.0687. The molecule has 0 saturated carbocycles. The normalized spacial score (nSPS) is 11.8. The predicted molar refractivity (Wildman–Crippen MR) is 50.7 cm³/mol. The predicted octanol–water partition coefficient (Wildman–Crippen LogP) is 0.567. The Kier molecular flexibility index (Phi) is 3.79. The highest BCUT2D eigenvalue weighted by Gasteiger charge is 2.18. The number of amides is 1. The SMILES string of the molecule is O=CNC(Cc1ccccc1F)C(=O)O. The molecule has 0 bridgehead atoms. The van der Waals surface area contributed by atoms with Gasteiger partial charge in [-0.1, -0.05) is 18.2 Å². The summed E-state index contributed by atoms with van der Waals surface area (Å²) in [5.74, 6) is -1.66. The van der Waals surface area contributed by atoms with E-state index in [1.807, 2.05) is 0 Å². The van der Waals surface area contributed by atoms with E-state index in [0.717, 1.165) is 0 Å². The van der Waals surface area contributed by atoms with Crippen LogP contribution in [0.25, 0.3) is 0 Å². The highest BCUT2D eigenvalue weighted by atomic mass is 19.1. The lowest BCUT2D eigenvalue weighted by molar-refractivity contribution is -0.140. The Morgan fingerprint density at radius 2 is 2.20 bits per heavy atom. The van der Waals surface area contributed by atoms with Crippen molar-refractivity contribution in [2.45, 2.75) is 12.5 Å². The molecule has 0 aliphatic rings.